The van der Waals surface area contributed by atoms with Gasteiger partial charge >= 0.3 is 0 Å². The van der Waals surface area contributed by atoms with E-state index in [-0.39, 0.29) is 24.4 Å². The number of likely N-dealkylation sites (tertiary alicyclic amines) is 1. The summed E-state index contributed by atoms with van der Waals surface area (Å²) in [5.74, 6) is 1.51. The van der Waals surface area contributed by atoms with Crippen LogP contribution in [0, 0.1) is 0 Å². The highest BCUT2D eigenvalue weighted by Crippen LogP contribution is 2.22. The van der Waals surface area contributed by atoms with E-state index in [1.807, 2.05) is 36.1 Å². The molecule has 1 aromatic rings. The van der Waals surface area contributed by atoms with Gasteiger partial charge in [0.25, 0.3) is 0 Å². The number of rotatable bonds is 5. The van der Waals surface area contributed by atoms with Crippen LogP contribution in [0.5, 0.6) is 5.75 Å². The number of ether oxygens (including phenoxy) is 1. The molecule has 2 rings (SSSR count). The van der Waals surface area contributed by atoms with E-state index in [2.05, 4.69) is 0 Å². The Bertz CT molecular complexity index is 428. The van der Waals surface area contributed by atoms with Crippen molar-refractivity contribution in [1.82, 2.24) is 4.90 Å². The first-order chi connectivity index (χ1) is 9.19. The lowest BCUT2D eigenvalue weighted by molar-refractivity contribution is -0.127. The molecule has 2 N–H and O–H groups in total. The van der Waals surface area contributed by atoms with Gasteiger partial charge in [0, 0.05) is 24.0 Å². The van der Waals surface area contributed by atoms with Gasteiger partial charge in [0.15, 0.2) is 0 Å². The van der Waals surface area contributed by atoms with Crippen LogP contribution in [-0.4, -0.2) is 42.3 Å². The summed E-state index contributed by atoms with van der Waals surface area (Å²) < 4.78 is 5.38. The second kappa shape index (κ2) is 8.39. The molecule has 0 unspecified atom stereocenters. The number of benzene rings is 1. The first-order valence-corrected chi connectivity index (χ1v) is 7.56. The monoisotopic (exact) mass is 316 g/mol. The molecular formula is C14H21ClN2O2S. The fraction of sp³-hybridized carbons (Fsp3) is 0.500. The largest absolute Gasteiger partial charge is 0.494 e. The Kier molecular flexibility index (Phi) is 7.19. The average Bonchev–Trinajstić information content (AvgIpc) is 2.85. The van der Waals surface area contributed by atoms with Crippen molar-refractivity contribution in [3.8, 4) is 5.75 Å². The summed E-state index contributed by atoms with van der Waals surface area (Å²) in [7, 11) is 0. The minimum atomic E-state index is 0. The predicted molar refractivity (Wildman–Crippen MR) is 84.8 cm³/mol. The second-order valence-corrected chi connectivity index (χ2v) is 5.63. The summed E-state index contributed by atoms with van der Waals surface area (Å²) in [4.78, 5) is 14.9. The van der Waals surface area contributed by atoms with Gasteiger partial charge < -0.3 is 15.4 Å². The molecule has 1 aliphatic rings. The Labute approximate surface area is 130 Å². The van der Waals surface area contributed by atoms with Crippen LogP contribution in [0.2, 0.25) is 0 Å². The van der Waals surface area contributed by atoms with Crippen molar-refractivity contribution in [2.24, 2.45) is 5.73 Å². The molecular weight excluding hydrogens is 296 g/mol. The molecule has 1 aliphatic heterocycles. The van der Waals surface area contributed by atoms with Gasteiger partial charge in [-0.3, -0.25) is 4.79 Å². The Balaban J connectivity index is 0.00000200. The van der Waals surface area contributed by atoms with Gasteiger partial charge in [0.2, 0.25) is 5.91 Å². The molecule has 4 nitrogen and oxygen atoms in total. The zero-order valence-corrected chi connectivity index (χ0v) is 13.2. The van der Waals surface area contributed by atoms with Crippen molar-refractivity contribution in [1.29, 1.82) is 0 Å². The molecule has 112 valence electrons. The highest BCUT2D eigenvalue weighted by atomic mass is 35.5. The van der Waals surface area contributed by atoms with Gasteiger partial charge in [-0.15, -0.1) is 24.2 Å². The molecule has 0 radical (unpaired) electrons. The molecule has 1 fully saturated rings. The van der Waals surface area contributed by atoms with Crippen LogP contribution in [0.3, 0.4) is 0 Å². The molecule has 1 heterocycles. The molecule has 1 aromatic carbocycles. The van der Waals surface area contributed by atoms with Crippen LogP contribution in [0.1, 0.15) is 13.3 Å². The fourth-order valence-corrected chi connectivity index (χ4v) is 2.85. The molecule has 0 spiro atoms. The zero-order valence-electron chi connectivity index (χ0n) is 11.6. The minimum absolute atomic E-state index is 0. The van der Waals surface area contributed by atoms with E-state index >= 15 is 0 Å². The van der Waals surface area contributed by atoms with Gasteiger partial charge in [0.05, 0.1) is 12.4 Å². The van der Waals surface area contributed by atoms with Crippen molar-refractivity contribution < 1.29 is 9.53 Å². The maximum Gasteiger partial charge on any atom is 0.232 e. The lowest BCUT2D eigenvalue weighted by atomic mass is 10.3. The van der Waals surface area contributed by atoms with Crippen molar-refractivity contribution in [3.05, 3.63) is 24.3 Å². The quantitative estimate of drug-likeness (QED) is 0.846. The van der Waals surface area contributed by atoms with E-state index in [4.69, 9.17) is 10.5 Å². The Morgan fingerprint density at radius 2 is 2.15 bits per heavy atom. The van der Waals surface area contributed by atoms with E-state index in [1.165, 1.54) is 0 Å². The maximum absolute atomic E-state index is 12.0. The summed E-state index contributed by atoms with van der Waals surface area (Å²) in [5.41, 5.74) is 5.80. The number of nitrogens with two attached hydrogens (primary N) is 1. The number of halogens is 1. The first-order valence-electron chi connectivity index (χ1n) is 6.58. The van der Waals surface area contributed by atoms with Crippen molar-refractivity contribution >= 4 is 30.1 Å². The average molecular weight is 317 g/mol. The fourth-order valence-electron chi connectivity index (χ4n) is 2.05. The number of carbonyl (C=O) groups excluding carboxylic acids is 1. The summed E-state index contributed by atoms with van der Waals surface area (Å²) >= 11 is 1.56. The molecule has 0 aliphatic carbocycles. The summed E-state index contributed by atoms with van der Waals surface area (Å²) in [6.07, 6.45) is 0.916. The Morgan fingerprint density at radius 1 is 1.45 bits per heavy atom. The lowest BCUT2D eigenvalue weighted by Crippen LogP contribution is -2.33. The predicted octanol–water partition coefficient (Wildman–Crippen LogP) is 2.16. The number of hydrogen-bond acceptors (Lipinski definition) is 4. The highest BCUT2D eigenvalue weighted by molar-refractivity contribution is 8.00. The lowest BCUT2D eigenvalue weighted by Gasteiger charge is -2.15. The van der Waals surface area contributed by atoms with Gasteiger partial charge in [-0.1, -0.05) is 0 Å². The van der Waals surface area contributed by atoms with Crippen LogP contribution in [-0.2, 0) is 4.79 Å². The van der Waals surface area contributed by atoms with E-state index in [0.29, 0.717) is 18.9 Å². The van der Waals surface area contributed by atoms with Crippen LogP contribution < -0.4 is 10.5 Å². The number of hydrogen-bond donors (Lipinski definition) is 1. The van der Waals surface area contributed by atoms with E-state index < -0.39 is 0 Å². The summed E-state index contributed by atoms with van der Waals surface area (Å²) in [6.45, 7) is 4.12. The zero-order chi connectivity index (χ0) is 13.7. The number of amides is 1. The van der Waals surface area contributed by atoms with Gasteiger partial charge in [-0.05, 0) is 37.6 Å². The third-order valence-corrected chi connectivity index (χ3v) is 4.07. The molecule has 0 bridgehead atoms. The molecule has 6 heteroatoms. The number of carbonyl (C=O) groups is 1. The summed E-state index contributed by atoms with van der Waals surface area (Å²) in [5, 5.41) is 0. The Hall–Kier alpha value is -0.910. The van der Waals surface area contributed by atoms with Gasteiger partial charge in [-0.2, -0.15) is 0 Å². The van der Waals surface area contributed by atoms with Gasteiger partial charge in [0.1, 0.15) is 5.75 Å². The molecule has 1 atom stereocenters. The number of nitrogens with zero attached hydrogens (tertiary/aromatic N) is 1. The maximum atomic E-state index is 12.0. The molecule has 1 amide bonds. The van der Waals surface area contributed by atoms with E-state index in [1.54, 1.807) is 11.8 Å². The SMILES string of the molecule is CCOc1ccc(SCC(=O)N2CC[C@@H](N)C2)cc1.Cl. The molecule has 20 heavy (non-hydrogen) atoms. The van der Waals surface area contributed by atoms with Crippen LogP contribution in [0.15, 0.2) is 29.2 Å². The smallest absolute Gasteiger partial charge is 0.232 e. The first kappa shape index (κ1) is 17.1. The molecule has 0 aromatic heterocycles. The second-order valence-electron chi connectivity index (χ2n) is 4.58. The standard InChI is InChI=1S/C14H20N2O2S.ClH/c1-2-18-12-3-5-13(6-4-12)19-10-14(17)16-8-7-11(15)9-16;/h3-6,11H,2,7-10,15H2,1H3;1H/t11-;/m1./s1. The summed E-state index contributed by atoms with van der Waals surface area (Å²) in [6, 6.07) is 7.99. The number of thioether (sulfide) groups is 1. The molecule has 0 saturated carbocycles. The third kappa shape index (κ3) is 4.89. The van der Waals surface area contributed by atoms with Crippen molar-refractivity contribution in [2.75, 3.05) is 25.4 Å². The normalized spacial score (nSPS) is 17.7. The van der Waals surface area contributed by atoms with E-state index in [9.17, 15) is 4.79 Å². The van der Waals surface area contributed by atoms with Gasteiger partial charge in [-0.25, -0.2) is 0 Å². The van der Waals surface area contributed by atoms with Crippen LogP contribution in [0.25, 0.3) is 0 Å². The van der Waals surface area contributed by atoms with Crippen molar-refractivity contribution in [3.63, 3.8) is 0 Å². The van der Waals surface area contributed by atoms with Crippen molar-refractivity contribution in [2.45, 2.75) is 24.3 Å². The Morgan fingerprint density at radius 3 is 2.70 bits per heavy atom. The highest BCUT2D eigenvalue weighted by Gasteiger charge is 2.23. The third-order valence-electron chi connectivity index (χ3n) is 3.07. The minimum Gasteiger partial charge on any atom is -0.494 e. The topological polar surface area (TPSA) is 55.6 Å². The van der Waals surface area contributed by atoms with Crippen LogP contribution >= 0.6 is 24.2 Å². The molecule has 1 saturated heterocycles. The van der Waals surface area contributed by atoms with Crippen LogP contribution in [0.4, 0.5) is 0 Å². The van der Waals surface area contributed by atoms with E-state index in [0.717, 1.165) is 23.6 Å².